The lowest BCUT2D eigenvalue weighted by molar-refractivity contribution is 0.573. The molecule has 108 valence electrons. The average Bonchev–Trinajstić information content (AvgIpc) is 3.11. The Hall–Kier alpha value is -0.620. The summed E-state index contributed by atoms with van der Waals surface area (Å²) in [6.07, 6.45) is 6.48. The summed E-state index contributed by atoms with van der Waals surface area (Å²) >= 11 is 3.86. The Morgan fingerprint density at radius 3 is 2.90 bits per heavy atom. The summed E-state index contributed by atoms with van der Waals surface area (Å²) in [5, 5.41) is 2.03. The van der Waals surface area contributed by atoms with Crippen LogP contribution in [-0.4, -0.2) is 22.0 Å². The monoisotopic (exact) mass is 307 g/mol. The van der Waals surface area contributed by atoms with E-state index in [9.17, 15) is 0 Å². The van der Waals surface area contributed by atoms with Crippen molar-refractivity contribution in [3.63, 3.8) is 0 Å². The molecular weight excluding hydrogens is 286 g/mol. The predicted molar refractivity (Wildman–Crippen MR) is 89.1 cm³/mol. The van der Waals surface area contributed by atoms with E-state index in [0.29, 0.717) is 6.04 Å². The maximum atomic E-state index is 5.71. The van der Waals surface area contributed by atoms with Gasteiger partial charge in [0, 0.05) is 23.5 Å². The van der Waals surface area contributed by atoms with Gasteiger partial charge >= 0.3 is 0 Å². The number of hydrogen-bond acceptors (Lipinski definition) is 5. The van der Waals surface area contributed by atoms with Crippen molar-refractivity contribution in [2.75, 3.05) is 5.75 Å². The maximum absolute atomic E-state index is 5.71. The number of nitrogens with two attached hydrogens (primary N) is 1. The van der Waals surface area contributed by atoms with Gasteiger partial charge in [-0.15, -0.1) is 11.3 Å². The van der Waals surface area contributed by atoms with Gasteiger partial charge in [-0.25, -0.2) is 4.98 Å². The van der Waals surface area contributed by atoms with Crippen LogP contribution in [0.3, 0.4) is 0 Å². The molecule has 1 aromatic heterocycles. The van der Waals surface area contributed by atoms with Crippen LogP contribution in [0, 0.1) is 0 Å². The third kappa shape index (κ3) is 3.52. The first-order valence-electron chi connectivity index (χ1n) is 7.27. The molecule has 0 amide bonds. The van der Waals surface area contributed by atoms with Gasteiger partial charge in [-0.3, -0.25) is 11.3 Å². The zero-order valence-electron chi connectivity index (χ0n) is 11.5. The summed E-state index contributed by atoms with van der Waals surface area (Å²) in [6, 6.07) is 8.64. The van der Waals surface area contributed by atoms with E-state index >= 15 is 0 Å². The van der Waals surface area contributed by atoms with E-state index in [0.717, 1.165) is 22.9 Å². The van der Waals surface area contributed by atoms with Crippen molar-refractivity contribution in [2.45, 2.75) is 43.4 Å². The fourth-order valence-electron chi connectivity index (χ4n) is 2.69. The Morgan fingerprint density at radius 1 is 1.35 bits per heavy atom. The lowest BCUT2D eigenvalue weighted by Gasteiger charge is -2.16. The maximum Gasteiger partial charge on any atom is 0.0954 e. The first-order chi connectivity index (χ1) is 9.85. The molecule has 5 heteroatoms. The Morgan fingerprint density at radius 2 is 2.15 bits per heavy atom. The minimum Gasteiger partial charge on any atom is -0.271 e. The first kappa shape index (κ1) is 14.3. The van der Waals surface area contributed by atoms with Crippen LogP contribution < -0.4 is 11.3 Å². The summed E-state index contributed by atoms with van der Waals surface area (Å²) < 4.78 is 1.27. The molecular formula is C15H21N3S2. The van der Waals surface area contributed by atoms with Crippen LogP contribution in [0.5, 0.6) is 0 Å². The standard InChI is InChI=1S/C15H21N3S2/c16-18-11(10-19-12-5-1-2-6-12)9-15-17-13-7-3-4-8-14(13)20-15/h3-4,7-8,11-12,18H,1-2,5-6,9-10,16H2. The molecule has 0 bridgehead atoms. The van der Waals surface area contributed by atoms with E-state index in [1.165, 1.54) is 35.4 Å². The fourth-order valence-corrected chi connectivity index (χ4v) is 5.12. The normalized spacial score (nSPS) is 17.9. The zero-order chi connectivity index (χ0) is 13.8. The lowest BCUT2D eigenvalue weighted by atomic mass is 10.2. The molecule has 3 nitrogen and oxygen atoms in total. The summed E-state index contributed by atoms with van der Waals surface area (Å²) in [5.74, 6) is 6.79. The second-order valence-corrected chi connectivity index (χ2v) is 7.83. The Bertz CT molecular complexity index is 516. The second kappa shape index (κ2) is 6.89. The van der Waals surface area contributed by atoms with E-state index in [2.05, 4.69) is 35.4 Å². The van der Waals surface area contributed by atoms with Crippen LogP contribution in [0.1, 0.15) is 30.7 Å². The molecule has 1 unspecified atom stereocenters. The molecule has 2 aromatic rings. The number of para-hydroxylation sites is 1. The average molecular weight is 307 g/mol. The number of rotatable bonds is 6. The number of hydrogen-bond donors (Lipinski definition) is 2. The molecule has 1 atom stereocenters. The smallest absolute Gasteiger partial charge is 0.0954 e. The Kier molecular flexibility index (Phi) is 4.94. The Balaban J connectivity index is 1.58. The van der Waals surface area contributed by atoms with Gasteiger partial charge in [-0.2, -0.15) is 11.8 Å². The second-order valence-electron chi connectivity index (χ2n) is 5.38. The number of thiazole rings is 1. The number of nitrogens with one attached hydrogen (secondary N) is 1. The number of hydrazine groups is 1. The molecule has 1 aliphatic rings. The molecule has 1 aliphatic carbocycles. The van der Waals surface area contributed by atoms with Crippen LogP contribution >= 0.6 is 23.1 Å². The SMILES string of the molecule is NNC(CSC1CCCC1)Cc1nc2ccccc2s1. The molecule has 20 heavy (non-hydrogen) atoms. The molecule has 1 aromatic carbocycles. The molecule has 1 heterocycles. The molecule has 1 saturated carbocycles. The van der Waals surface area contributed by atoms with Gasteiger partial charge in [0.25, 0.3) is 0 Å². The van der Waals surface area contributed by atoms with Crippen molar-refractivity contribution in [2.24, 2.45) is 5.84 Å². The van der Waals surface area contributed by atoms with Gasteiger partial charge < -0.3 is 0 Å². The summed E-state index contributed by atoms with van der Waals surface area (Å²) in [4.78, 5) is 4.69. The van der Waals surface area contributed by atoms with Gasteiger partial charge in [-0.05, 0) is 25.0 Å². The lowest BCUT2D eigenvalue weighted by Crippen LogP contribution is -2.39. The molecule has 0 radical (unpaired) electrons. The highest BCUT2D eigenvalue weighted by atomic mass is 32.2. The first-order valence-corrected chi connectivity index (χ1v) is 9.14. The molecule has 1 fully saturated rings. The minimum absolute atomic E-state index is 0.321. The van der Waals surface area contributed by atoms with Crippen LogP contribution in [-0.2, 0) is 6.42 Å². The molecule has 0 aliphatic heterocycles. The van der Waals surface area contributed by atoms with Gasteiger partial charge in [0.15, 0.2) is 0 Å². The number of aromatic nitrogens is 1. The van der Waals surface area contributed by atoms with E-state index in [4.69, 9.17) is 10.8 Å². The highest BCUT2D eigenvalue weighted by molar-refractivity contribution is 7.99. The van der Waals surface area contributed by atoms with Crippen LogP contribution in [0.2, 0.25) is 0 Å². The van der Waals surface area contributed by atoms with E-state index in [-0.39, 0.29) is 0 Å². The van der Waals surface area contributed by atoms with Gasteiger partial charge in [0.05, 0.1) is 15.2 Å². The predicted octanol–water partition coefficient (Wildman–Crippen LogP) is 3.35. The highest BCUT2D eigenvalue weighted by Crippen LogP contribution is 2.30. The van der Waals surface area contributed by atoms with Crippen molar-refractivity contribution in [1.29, 1.82) is 0 Å². The number of nitrogens with zero attached hydrogens (tertiary/aromatic N) is 1. The molecule has 3 rings (SSSR count). The number of benzene rings is 1. The van der Waals surface area contributed by atoms with E-state index < -0.39 is 0 Å². The largest absolute Gasteiger partial charge is 0.271 e. The van der Waals surface area contributed by atoms with Gasteiger partial charge in [-0.1, -0.05) is 25.0 Å². The third-order valence-electron chi connectivity index (χ3n) is 3.83. The van der Waals surface area contributed by atoms with E-state index in [1.54, 1.807) is 11.3 Å². The molecule has 3 N–H and O–H groups in total. The minimum atomic E-state index is 0.321. The van der Waals surface area contributed by atoms with Crippen molar-refractivity contribution in [1.82, 2.24) is 10.4 Å². The molecule has 0 spiro atoms. The van der Waals surface area contributed by atoms with Crippen molar-refractivity contribution in [3.8, 4) is 0 Å². The van der Waals surface area contributed by atoms with E-state index in [1.807, 2.05) is 6.07 Å². The number of fused-ring (bicyclic) bond motifs is 1. The Labute approximate surface area is 128 Å². The highest BCUT2D eigenvalue weighted by Gasteiger charge is 2.18. The fraction of sp³-hybridized carbons (Fsp3) is 0.533. The summed E-state index contributed by atoms with van der Waals surface area (Å²) in [5.41, 5.74) is 4.07. The van der Waals surface area contributed by atoms with Gasteiger partial charge in [0.1, 0.15) is 0 Å². The molecule has 0 saturated heterocycles. The van der Waals surface area contributed by atoms with Crippen molar-refractivity contribution in [3.05, 3.63) is 29.3 Å². The van der Waals surface area contributed by atoms with Crippen molar-refractivity contribution >= 4 is 33.3 Å². The zero-order valence-corrected chi connectivity index (χ0v) is 13.2. The van der Waals surface area contributed by atoms with Gasteiger partial charge in [0.2, 0.25) is 0 Å². The van der Waals surface area contributed by atoms with Crippen LogP contribution in [0.15, 0.2) is 24.3 Å². The topological polar surface area (TPSA) is 50.9 Å². The van der Waals surface area contributed by atoms with Crippen LogP contribution in [0.4, 0.5) is 0 Å². The summed E-state index contributed by atoms with van der Waals surface area (Å²) in [7, 11) is 0. The third-order valence-corrected chi connectivity index (χ3v) is 6.43. The quantitative estimate of drug-likeness (QED) is 0.635. The summed E-state index contributed by atoms with van der Waals surface area (Å²) in [6.45, 7) is 0. The van der Waals surface area contributed by atoms with Crippen LogP contribution in [0.25, 0.3) is 10.2 Å². The van der Waals surface area contributed by atoms with Crippen molar-refractivity contribution < 1.29 is 0 Å². The number of thioether (sulfide) groups is 1.